The molecule has 2 unspecified atom stereocenters. The zero-order valence-electron chi connectivity index (χ0n) is 26.1. The summed E-state index contributed by atoms with van der Waals surface area (Å²) in [5.74, 6) is 0.124. The van der Waals surface area contributed by atoms with Gasteiger partial charge in [0.05, 0.1) is 6.04 Å². The van der Waals surface area contributed by atoms with Crippen LogP contribution < -0.4 is 11.1 Å². The molecule has 0 bridgehead atoms. The molecule has 1 saturated heterocycles. The molecule has 2 amide bonds. The van der Waals surface area contributed by atoms with Gasteiger partial charge in [0.2, 0.25) is 5.91 Å². The Morgan fingerprint density at radius 3 is 2.20 bits per heavy atom. The monoisotopic (exact) mass is 548 g/mol. The van der Waals surface area contributed by atoms with Crippen LogP contribution >= 0.6 is 0 Å². The second kappa shape index (κ2) is 13.3. The number of nitrogens with two attached hydrogens (primary N) is 1. The average Bonchev–Trinajstić information content (AvgIpc) is 2.88. The van der Waals surface area contributed by atoms with Crippen LogP contribution in [-0.4, -0.2) is 58.9 Å². The van der Waals surface area contributed by atoms with Gasteiger partial charge in [-0.2, -0.15) is 0 Å². The highest BCUT2D eigenvalue weighted by atomic mass is 16.2. The molecule has 6 heteroatoms. The van der Waals surface area contributed by atoms with E-state index in [-0.39, 0.29) is 34.7 Å². The van der Waals surface area contributed by atoms with Gasteiger partial charge in [-0.05, 0) is 120 Å². The molecule has 3 N–H and O–H groups in total. The highest BCUT2D eigenvalue weighted by Gasteiger charge is 2.37. The summed E-state index contributed by atoms with van der Waals surface area (Å²) in [6.45, 7) is 20.2. The molecule has 1 fully saturated rings. The molecule has 1 aliphatic rings. The molecule has 2 atom stereocenters. The number of amides is 2. The molecular formula is C34H52N4O2. The third kappa shape index (κ3) is 8.40. The maximum atomic E-state index is 13.8. The number of anilines is 1. The Morgan fingerprint density at radius 1 is 1.02 bits per heavy atom. The summed E-state index contributed by atoms with van der Waals surface area (Å²) < 4.78 is 0. The highest BCUT2D eigenvalue weighted by Crippen LogP contribution is 2.27. The lowest BCUT2D eigenvalue weighted by molar-refractivity contribution is -0.142. The van der Waals surface area contributed by atoms with Crippen molar-refractivity contribution in [1.29, 1.82) is 0 Å². The van der Waals surface area contributed by atoms with Crippen molar-refractivity contribution in [3.05, 3.63) is 65.2 Å². The second-order valence-corrected chi connectivity index (χ2v) is 13.6. The first kappa shape index (κ1) is 31.8. The number of likely N-dealkylation sites (tertiary alicyclic amines) is 1. The number of piperidine rings is 1. The smallest absolute Gasteiger partial charge is 0.255 e. The van der Waals surface area contributed by atoms with E-state index in [0.717, 1.165) is 50.1 Å². The predicted octanol–water partition coefficient (Wildman–Crippen LogP) is 6.24. The zero-order chi connectivity index (χ0) is 29.7. The van der Waals surface area contributed by atoms with Crippen molar-refractivity contribution >= 4 is 17.5 Å². The molecule has 1 aliphatic heterocycles. The Morgan fingerprint density at radius 2 is 1.65 bits per heavy atom. The van der Waals surface area contributed by atoms with Crippen molar-refractivity contribution in [3.63, 3.8) is 0 Å². The van der Waals surface area contributed by atoms with Crippen molar-refractivity contribution < 1.29 is 9.59 Å². The van der Waals surface area contributed by atoms with E-state index < -0.39 is 6.04 Å². The number of benzene rings is 2. The van der Waals surface area contributed by atoms with Gasteiger partial charge in [0, 0.05) is 22.8 Å². The molecule has 220 valence electrons. The van der Waals surface area contributed by atoms with Crippen molar-refractivity contribution in [3.8, 4) is 0 Å². The minimum atomic E-state index is -0.485. The van der Waals surface area contributed by atoms with Gasteiger partial charge in [-0.15, -0.1) is 0 Å². The van der Waals surface area contributed by atoms with Crippen LogP contribution in [0.15, 0.2) is 48.5 Å². The largest absolute Gasteiger partial charge is 0.333 e. The van der Waals surface area contributed by atoms with Crippen LogP contribution in [0.1, 0.15) is 96.1 Å². The fraction of sp³-hybridized carbons (Fsp3) is 0.588. The van der Waals surface area contributed by atoms with Crippen molar-refractivity contribution in [2.45, 2.75) is 104 Å². The van der Waals surface area contributed by atoms with Crippen LogP contribution in [-0.2, 0) is 16.6 Å². The summed E-state index contributed by atoms with van der Waals surface area (Å²) in [5.41, 5.74) is 9.97. The highest BCUT2D eigenvalue weighted by molar-refractivity contribution is 6.04. The number of nitrogens with zero attached hydrogens (tertiary/aromatic N) is 2. The summed E-state index contributed by atoms with van der Waals surface area (Å²) in [4.78, 5) is 31.2. The zero-order valence-corrected chi connectivity index (χ0v) is 26.1. The van der Waals surface area contributed by atoms with Gasteiger partial charge in [-0.25, -0.2) is 0 Å². The Labute approximate surface area is 242 Å². The van der Waals surface area contributed by atoms with Crippen LogP contribution in [0.25, 0.3) is 0 Å². The van der Waals surface area contributed by atoms with E-state index in [1.165, 1.54) is 5.56 Å². The summed E-state index contributed by atoms with van der Waals surface area (Å²) in [7, 11) is 0. The van der Waals surface area contributed by atoms with Gasteiger partial charge in [0.25, 0.3) is 5.91 Å². The Hall–Kier alpha value is -2.70. The van der Waals surface area contributed by atoms with E-state index in [4.69, 9.17) is 5.73 Å². The maximum absolute atomic E-state index is 13.8. The third-order valence-corrected chi connectivity index (χ3v) is 8.10. The number of rotatable bonds is 9. The quantitative estimate of drug-likeness (QED) is 0.389. The van der Waals surface area contributed by atoms with E-state index in [9.17, 15) is 9.59 Å². The molecule has 0 radical (unpaired) electrons. The SMILES string of the molecule is CCCN1CCC(C(N)C(=O)N(C(C)Cc2cccc(NC(=O)c3ccc(C(C)(C)C)cc3)c2)C(C)(C)C)CC1. The Balaban J connectivity index is 1.67. The summed E-state index contributed by atoms with van der Waals surface area (Å²) in [5, 5.41) is 3.04. The van der Waals surface area contributed by atoms with Crippen LogP contribution in [0.5, 0.6) is 0 Å². The fourth-order valence-electron chi connectivity index (χ4n) is 5.96. The second-order valence-electron chi connectivity index (χ2n) is 13.6. The average molecular weight is 549 g/mol. The summed E-state index contributed by atoms with van der Waals surface area (Å²) in [6, 6.07) is 15.2. The van der Waals surface area contributed by atoms with Gasteiger partial charge in [-0.3, -0.25) is 9.59 Å². The molecule has 40 heavy (non-hydrogen) atoms. The van der Waals surface area contributed by atoms with Crippen LogP contribution in [0.4, 0.5) is 5.69 Å². The Kier molecular flexibility index (Phi) is 10.6. The molecule has 3 rings (SSSR count). The van der Waals surface area contributed by atoms with Crippen molar-refractivity contribution in [2.75, 3.05) is 25.0 Å². The van der Waals surface area contributed by atoms with E-state index in [1.54, 1.807) is 0 Å². The number of carbonyl (C=O) groups is 2. The summed E-state index contributed by atoms with van der Waals surface area (Å²) in [6.07, 6.45) is 3.77. The minimum absolute atomic E-state index is 0.0390. The molecule has 0 aliphatic carbocycles. The first-order chi connectivity index (χ1) is 18.7. The normalized spacial score (nSPS) is 16.8. The van der Waals surface area contributed by atoms with E-state index >= 15 is 0 Å². The fourth-order valence-corrected chi connectivity index (χ4v) is 5.96. The molecule has 2 aromatic carbocycles. The molecule has 6 nitrogen and oxygen atoms in total. The lowest BCUT2D eigenvalue weighted by atomic mass is 9.86. The van der Waals surface area contributed by atoms with Gasteiger partial charge >= 0.3 is 0 Å². The first-order valence-corrected chi connectivity index (χ1v) is 15.0. The molecule has 0 spiro atoms. The third-order valence-electron chi connectivity index (χ3n) is 8.10. The number of carbonyl (C=O) groups excluding carboxylic acids is 2. The van der Waals surface area contributed by atoms with Crippen molar-refractivity contribution in [1.82, 2.24) is 9.80 Å². The predicted molar refractivity (Wildman–Crippen MR) is 167 cm³/mol. The topological polar surface area (TPSA) is 78.7 Å². The summed E-state index contributed by atoms with van der Waals surface area (Å²) >= 11 is 0. The molecule has 2 aromatic rings. The van der Waals surface area contributed by atoms with Crippen LogP contribution in [0.3, 0.4) is 0 Å². The van der Waals surface area contributed by atoms with Gasteiger partial charge in [0.1, 0.15) is 0 Å². The minimum Gasteiger partial charge on any atom is -0.333 e. The molecular weight excluding hydrogens is 496 g/mol. The molecule has 0 saturated carbocycles. The standard InChI is InChI=1S/C34H52N4O2/c1-9-19-37-20-17-26(18-21-37)30(35)32(40)38(34(6,7)8)24(2)22-25-11-10-12-29(23-25)36-31(39)27-13-15-28(16-14-27)33(3,4)5/h10-16,23-24,26,30H,9,17-22,35H2,1-8H3,(H,36,39). The first-order valence-electron chi connectivity index (χ1n) is 15.0. The lowest BCUT2D eigenvalue weighted by Gasteiger charge is -2.44. The molecule has 1 heterocycles. The maximum Gasteiger partial charge on any atom is 0.255 e. The number of hydrogen-bond acceptors (Lipinski definition) is 4. The number of nitrogens with one attached hydrogen (secondary N) is 1. The number of hydrogen-bond donors (Lipinski definition) is 2. The van der Waals surface area contributed by atoms with E-state index in [0.29, 0.717) is 12.0 Å². The van der Waals surface area contributed by atoms with E-state index in [1.807, 2.05) is 47.4 Å². The van der Waals surface area contributed by atoms with Crippen LogP contribution in [0, 0.1) is 5.92 Å². The van der Waals surface area contributed by atoms with Crippen LogP contribution in [0.2, 0.25) is 0 Å². The Bertz CT molecular complexity index is 1120. The van der Waals surface area contributed by atoms with Crippen molar-refractivity contribution in [2.24, 2.45) is 11.7 Å². The van der Waals surface area contributed by atoms with E-state index in [2.05, 4.69) is 71.7 Å². The lowest BCUT2D eigenvalue weighted by Crippen LogP contribution is -2.59. The van der Waals surface area contributed by atoms with Gasteiger partial charge in [0.15, 0.2) is 0 Å². The van der Waals surface area contributed by atoms with Gasteiger partial charge in [-0.1, -0.05) is 52.0 Å². The van der Waals surface area contributed by atoms with Gasteiger partial charge < -0.3 is 20.9 Å². The molecule has 0 aromatic heterocycles.